The van der Waals surface area contributed by atoms with Gasteiger partial charge in [-0.15, -0.1) is 0 Å². The van der Waals surface area contributed by atoms with Gasteiger partial charge in [-0.2, -0.15) is 0 Å². The van der Waals surface area contributed by atoms with Gasteiger partial charge >= 0.3 is 0 Å². The third kappa shape index (κ3) is 7.53. The number of amides is 2. The highest BCUT2D eigenvalue weighted by atomic mass is 35.5. The lowest BCUT2D eigenvalue weighted by molar-refractivity contribution is -0.139. The lowest BCUT2D eigenvalue weighted by atomic mass is 9.95. The van der Waals surface area contributed by atoms with Crippen molar-refractivity contribution < 1.29 is 18.0 Å². The summed E-state index contributed by atoms with van der Waals surface area (Å²) in [6, 6.07) is 18.2. The molecule has 1 saturated carbocycles. The smallest absolute Gasteiger partial charge is 0.264 e. The van der Waals surface area contributed by atoms with E-state index < -0.39 is 28.5 Å². The van der Waals surface area contributed by atoms with Crippen LogP contribution in [0, 0.1) is 20.8 Å². The zero-order valence-corrected chi connectivity index (χ0v) is 26.3. The Morgan fingerprint density at radius 2 is 1.60 bits per heavy atom. The van der Waals surface area contributed by atoms with Gasteiger partial charge in [0.25, 0.3) is 10.0 Å². The van der Waals surface area contributed by atoms with Crippen molar-refractivity contribution in [3.05, 3.63) is 94.0 Å². The number of hydrogen-bond donors (Lipinski definition) is 1. The van der Waals surface area contributed by atoms with Gasteiger partial charge in [0.15, 0.2) is 0 Å². The van der Waals surface area contributed by atoms with E-state index in [1.54, 1.807) is 61.5 Å². The van der Waals surface area contributed by atoms with E-state index in [0.717, 1.165) is 53.1 Å². The Kier molecular flexibility index (Phi) is 10.3. The normalized spacial score (nSPS) is 14.7. The van der Waals surface area contributed by atoms with Crippen LogP contribution in [0.2, 0.25) is 5.02 Å². The monoisotopic (exact) mass is 609 g/mol. The first-order chi connectivity index (χ1) is 20.0. The van der Waals surface area contributed by atoms with Crippen LogP contribution in [0.25, 0.3) is 0 Å². The maximum absolute atomic E-state index is 14.2. The SMILES string of the molecule is Cc1ccc(S(=O)(=O)N(CC(=O)N(Cc2ccccc2Cl)[C@@H](C)C(=O)NC2CCCCC2)c2ccc(C)c(C)c2)cc1. The number of halogens is 1. The summed E-state index contributed by atoms with van der Waals surface area (Å²) in [6.45, 7) is 6.99. The van der Waals surface area contributed by atoms with E-state index in [-0.39, 0.29) is 23.4 Å². The van der Waals surface area contributed by atoms with Crippen LogP contribution in [0.3, 0.4) is 0 Å². The fourth-order valence-electron chi connectivity index (χ4n) is 5.21. The van der Waals surface area contributed by atoms with E-state index in [1.165, 1.54) is 4.90 Å². The molecule has 1 aliphatic rings. The van der Waals surface area contributed by atoms with Crippen LogP contribution in [-0.2, 0) is 26.2 Å². The molecule has 0 radical (unpaired) electrons. The highest BCUT2D eigenvalue weighted by molar-refractivity contribution is 7.92. The van der Waals surface area contributed by atoms with Crippen LogP contribution in [0.5, 0.6) is 0 Å². The van der Waals surface area contributed by atoms with Crippen LogP contribution in [0.15, 0.2) is 71.6 Å². The quantitative estimate of drug-likeness (QED) is 0.291. The minimum absolute atomic E-state index is 0.0586. The summed E-state index contributed by atoms with van der Waals surface area (Å²) in [5.74, 6) is -0.767. The number of aryl methyl sites for hydroxylation is 3. The molecule has 2 amide bonds. The second-order valence-corrected chi connectivity index (χ2v) is 13.5. The van der Waals surface area contributed by atoms with E-state index in [4.69, 9.17) is 11.6 Å². The van der Waals surface area contributed by atoms with Crippen molar-refractivity contribution in [1.29, 1.82) is 0 Å². The molecule has 0 bridgehead atoms. The van der Waals surface area contributed by atoms with Gasteiger partial charge in [0.2, 0.25) is 11.8 Å². The number of nitrogens with zero attached hydrogens (tertiary/aromatic N) is 2. The topological polar surface area (TPSA) is 86.8 Å². The van der Waals surface area contributed by atoms with Gasteiger partial charge < -0.3 is 10.2 Å². The summed E-state index contributed by atoms with van der Waals surface area (Å²) in [5.41, 5.74) is 3.88. The van der Waals surface area contributed by atoms with Crippen molar-refractivity contribution in [1.82, 2.24) is 10.2 Å². The summed E-state index contributed by atoms with van der Waals surface area (Å²) in [6.07, 6.45) is 5.09. The lowest BCUT2D eigenvalue weighted by Crippen LogP contribution is -2.53. The van der Waals surface area contributed by atoms with Gasteiger partial charge in [-0.1, -0.05) is 72.8 Å². The Labute approximate surface area is 254 Å². The molecule has 42 heavy (non-hydrogen) atoms. The predicted octanol–water partition coefficient (Wildman–Crippen LogP) is 6.33. The van der Waals surface area contributed by atoms with E-state index in [9.17, 15) is 18.0 Å². The molecule has 0 unspecified atom stereocenters. The standard InChI is InChI=1S/C33H40ClN3O4S/c1-23-14-18-30(19-15-23)42(40,41)37(29-17-16-24(2)25(3)20-29)22-32(38)36(21-27-10-8-9-13-31(27)34)26(4)33(39)35-28-11-6-5-7-12-28/h8-10,13-20,26,28H,5-7,11-12,21-22H2,1-4H3,(H,35,39)/t26-/m0/s1. The third-order valence-electron chi connectivity index (χ3n) is 8.08. The molecule has 0 saturated heterocycles. The molecule has 224 valence electrons. The first kappa shape index (κ1) is 31.6. The minimum Gasteiger partial charge on any atom is -0.352 e. The van der Waals surface area contributed by atoms with Crippen molar-refractivity contribution >= 4 is 39.1 Å². The van der Waals surface area contributed by atoms with Gasteiger partial charge in [0.05, 0.1) is 10.6 Å². The van der Waals surface area contributed by atoms with Crippen LogP contribution in [0.1, 0.15) is 61.3 Å². The molecule has 4 rings (SSSR count). The van der Waals surface area contributed by atoms with Crippen LogP contribution in [-0.4, -0.2) is 43.8 Å². The van der Waals surface area contributed by atoms with Gasteiger partial charge in [-0.05, 0) is 87.6 Å². The zero-order valence-electron chi connectivity index (χ0n) is 24.8. The minimum atomic E-state index is -4.12. The van der Waals surface area contributed by atoms with E-state index in [1.807, 2.05) is 32.9 Å². The summed E-state index contributed by atoms with van der Waals surface area (Å²) >= 11 is 6.47. The summed E-state index contributed by atoms with van der Waals surface area (Å²) in [4.78, 5) is 29.1. The van der Waals surface area contributed by atoms with Gasteiger partial charge in [-0.3, -0.25) is 13.9 Å². The average Bonchev–Trinajstić information content (AvgIpc) is 2.97. The van der Waals surface area contributed by atoms with Crippen LogP contribution < -0.4 is 9.62 Å². The van der Waals surface area contributed by atoms with Crippen molar-refractivity contribution in [3.8, 4) is 0 Å². The maximum atomic E-state index is 14.2. The molecule has 7 nitrogen and oxygen atoms in total. The Bertz CT molecular complexity index is 1520. The molecule has 1 N–H and O–H groups in total. The zero-order chi connectivity index (χ0) is 30.4. The van der Waals surface area contributed by atoms with E-state index in [2.05, 4.69) is 5.32 Å². The number of rotatable bonds is 10. The van der Waals surface area contributed by atoms with Crippen molar-refractivity contribution in [2.45, 2.75) is 83.3 Å². The third-order valence-corrected chi connectivity index (χ3v) is 10.2. The second-order valence-electron chi connectivity index (χ2n) is 11.2. The van der Waals surface area contributed by atoms with Crippen molar-refractivity contribution in [2.24, 2.45) is 0 Å². The number of benzene rings is 3. The molecule has 1 atom stereocenters. The number of carbonyl (C=O) groups excluding carboxylic acids is 2. The highest BCUT2D eigenvalue weighted by Gasteiger charge is 2.33. The fourth-order valence-corrected chi connectivity index (χ4v) is 6.81. The molecule has 3 aromatic carbocycles. The molecular formula is C33H40ClN3O4S. The molecule has 1 aliphatic carbocycles. The van der Waals surface area contributed by atoms with Gasteiger partial charge in [0.1, 0.15) is 12.6 Å². The van der Waals surface area contributed by atoms with Crippen LogP contribution in [0.4, 0.5) is 5.69 Å². The fraction of sp³-hybridized carbons (Fsp3) is 0.394. The van der Waals surface area contributed by atoms with Crippen molar-refractivity contribution in [2.75, 3.05) is 10.8 Å². The molecule has 0 aromatic heterocycles. The number of anilines is 1. The Balaban J connectivity index is 1.70. The average molecular weight is 610 g/mol. The van der Waals surface area contributed by atoms with Gasteiger partial charge in [-0.25, -0.2) is 8.42 Å². The van der Waals surface area contributed by atoms with Crippen LogP contribution >= 0.6 is 11.6 Å². The van der Waals surface area contributed by atoms with E-state index >= 15 is 0 Å². The maximum Gasteiger partial charge on any atom is 0.264 e. The lowest BCUT2D eigenvalue weighted by Gasteiger charge is -2.33. The van der Waals surface area contributed by atoms with Gasteiger partial charge in [0, 0.05) is 17.6 Å². The molecule has 0 spiro atoms. The summed E-state index contributed by atoms with van der Waals surface area (Å²) < 4.78 is 29.2. The molecule has 9 heteroatoms. The van der Waals surface area contributed by atoms with E-state index in [0.29, 0.717) is 16.3 Å². The highest BCUT2D eigenvalue weighted by Crippen LogP contribution is 2.27. The molecular weight excluding hydrogens is 570 g/mol. The Morgan fingerprint density at radius 3 is 2.24 bits per heavy atom. The molecule has 3 aromatic rings. The number of hydrogen-bond acceptors (Lipinski definition) is 4. The first-order valence-corrected chi connectivity index (χ1v) is 16.3. The number of sulfonamides is 1. The Morgan fingerprint density at radius 1 is 0.929 bits per heavy atom. The first-order valence-electron chi connectivity index (χ1n) is 14.5. The Hall–Kier alpha value is -3.36. The molecule has 0 heterocycles. The second kappa shape index (κ2) is 13.7. The van der Waals surface area contributed by atoms with Crippen molar-refractivity contribution in [3.63, 3.8) is 0 Å². The molecule has 0 aliphatic heterocycles. The number of carbonyl (C=O) groups is 2. The summed E-state index contributed by atoms with van der Waals surface area (Å²) in [5, 5.41) is 3.58. The summed E-state index contributed by atoms with van der Waals surface area (Å²) in [7, 11) is -4.12. The number of nitrogens with one attached hydrogen (secondary N) is 1. The predicted molar refractivity (Wildman–Crippen MR) is 168 cm³/mol. The molecule has 1 fully saturated rings. The largest absolute Gasteiger partial charge is 0.352 e.